The summed E-state index contributed by atoms with van der Waals surface area (Å²) in [6.45, 7) is 1.42. The van der Waals surface area contributed by atoms with Gasteiger partial charge in [0.2, 0.25) is 0 Å². The van der Waals surface area contributed by atoms with Crippen LogP contribution in [0.25, 0.3) is 0 Å². The lowest BCUT2D eigenvalue weighted by molar-refractivity contribution is 0.352. The van der Waals surface area contributed by atoms with E-state index in [1.165, 1.54) is 18.4 Å². The zero-order valence-electron chi connectivity index (χ0n) is 11.0. The SMILES string of the molecule is Nc1nnn(Cc2cc(Br)cc3c2OCC3)c1C1CC1. The second kappa shape index (κ2) is 4.48. The van der Waals surface area contributed by atoms with Crippen LogP contribution in [0.15, 0.2) is 16.6 Å². The Morgan fingerprint density at radius 3 is 3.05 bits per heavy atom. The van der Waals surface area contributed by atoms with Crippen molar-refractivity contribution in [2.24, 2.45) is 0 Å². The van der Waals surface area contributed by atoms with Crippen LogP contribution in [0.2, 0.25) is 0 Å². The molecule has 2 N–H and O–H groups in total. The predicted molar refractivity (Wildman–Crippen MR) is 78.9 cm³/mol. The second-order valence-electron chi connectivity index (χ2n) is 5.44. The van der Waals surface area contributed by atoms with Crippen LogP contribution in [0.4, 0.5) is 5.82 Å². The van der Waals surface area contributed by atoms with Crippen molar-refractivity contribution >= 4 is 21.7 Å². The number of nitrogens with two attached hydrogens (primary N) is 1. The molecule has 6 heteroatoms. The van der Waals surface area contributed by atoms with Crippen LogP contribution in [0, 0.1) is 0 Å². The first kappa shape index (κ1) is 12.2. The van der Waals surface area contributed by atoms with Crippen LogP contribution >= 0.6 is 15.9 Å². The highest BCUT2D eigenvalue weighted by Crippen LogP contribution is 2.42. The average Bonchev–Trinajstić information content (AvgIpc) is 3.01. The highest BCUT2D eigenvalue weighted by Gasteiger charge is 2.31. The average molecular weight is 335 g/mol. The molecule has 1 aliphatic heterocycles. The Morgan fingerprint density at radius 1 is 1.40 bits per heavy atom. The largest absolute Gasteiger partial charge is 0.493 e. The predicted octanol–water partition coefficient (Wildman–Crippen LogP) is 2.48. The summed E-state index contributed by atoms with van der Waals surface area (Å²) in [5.41, 5.74) is 9.42. The molecule has 0 spiro atoms. The molecule has 5 nitrogen and oxygen atoms in total. The van der Waals surface area contributed by atoms with E-state index in [4.69, 9.17) is 10.5 Å². The molecule has 0 bridgehead atoms. The number of hydrogen-bond acceptors (Lipinski definition) is 4. The number of halogens is 1. The normalized spacial score (nSPS) is 17.1. The zero-order valence-corrected chi connectivity index (χ0v) is 12.6. The molecule has 0 saturated heterocycles. The van der Waals surface area contributed by atoms with Gasteiger partial charge in [-0.2, -0.15) is 0 Å². The minimum atomic E-state index is 0.533. The van der Waals surface area contributed by atoms with Crippen LogP contribution in [-0.4, -0.2) is 21.6 Å². The summed E-state index contributed by atoms with van der Waals surface area (Å²) >= 11 is 3.57. The van der Waals surface area contributed by atoms with Gasteiger partial charge in [-0.05, 0) is 30.5 Å². The Hall–Kier alpha value is -1.56. The number of nitrogens with zero attached hydrogens (tertiary/aromatic N) is 3. The molecular formula is C14H15BrN4O. The van der Waals surface area contributed by atoms with Gasteiger partial charge in [-0.15, -0.1) is 5.10 Å². The van der Waals surface area contributed by atoms with Gasteiger partial charge < -0.3 is 10.5 Å². The summed E-state index contributed by atoms with van der Waals surface area (Å²) in [4.78, 5) is 0. The maximum atomic E-state index is 5.94. The number of nitrogen functional groups attached to an aromatic ring is 1. The molecule has 2 aliphatic rings. The Kier molecular flexibility index (Phi) is 2.73. The minimum Gasteiger partial charge on any atom is -0.493 e. The van der Waals surface area contributed by atoms with Gasteiger partial charge in [-0.3, -0.25) is 0 Å². The summed E-state index contributed by atoms with van der Waals surface area (Å²) in [5.74, 6) is 2.11. The first-order chi connectivity index (χ1) is 9.72. The molecule has 0 atom stereocenters. The van der Waals surface area contributed by atoms with Crippen molar-refractivity contribution in [2.45, 2.75) is 31.7 Å². The Balaban J connectivity index is 1.73. The summed E-state index contributed by atoms with van der Waals surface area (Å²) in [6.07, 6.45) is 3.34. The highest BCUT2D eigenvalue weighted by molar-refractivity contribution is 9.10. The van der Waals surface area contributed by atoms with Crippen LogP contribution in [-0.2, 0) is 13.0 Å². The monoisotopic (exact) mass is 334 g/mol. The third kappa shape index (κ3) is 1.98. The van der Waals surface area contributed by atoms with Gasteiger partial charge in [0, 0.05) is 22.4 Å². The van der Waals surface area contributed by atoms with E-state index in [-0.39, 0.29) is 0 Å². The van der Waals surface area contributed by atoms with E-state index in [9.17, 15) is 0 Å². The molecule has 1 saturated carbocycles. The van der Waals surface area contributed by atoms with E-state index in [2.05, 4.69) is 38.4 Å². The first-order valence-electron chi connectivity index (χ1n) is 6.85. The van der Waals surface area contributed by atoms with Gasteiger partial charge in [-0.25, -0.2) is 4.68 Å². The smallest absolute Gasteiger partial charge is 0.169 e. The van der Waals surface area contributed by atoms with Crippen LogP contribution < -0.4 is 10.5 Å². The number of aromatic nitrogens is 3. The van der Waals surface area contributed by atoms with Gasteiger partial charge in [0.15, 0.2) is 5.82 Å². The molecule has 2 aromatic rings. The van der Waals surface area contributed by atoms with Crippen molar-refractivity contribution in [1.82, 2.24) is 15.0 Å². The Bertz CT molecular complexity index is 678. The van der Waals surface area contributed by atoms with Crippen molar-refractivity contribution in [3.8, 4) is 5.75 Å². The molecular weight excluding hydrogens is 320 g/mol. The molecule has 4 rings (SSSR count). The number of fused-ring (bicyclic) bond motifs is 1. The third-order valence-corrected chi connectivity index (χ3v) is 4.37. The molecule has 104 valence electrons. The van der Waals surface area contributed by atoms with E-state index < -0.39 is 0 Å². The molecule has 1 aliphatic carbocycles. The molecule has 1 aromatic carbocycles. The van der Waals surface area contributed by atoms with Crippen molar-refractivity contribution in [2.75, 3.05) is 12.3 Å². The number of anilines is 1. The Labute approximate surface area is 125 Å². The van der Waals surface area contributed by atoms with Crippen molar-refractivity contribution < 1.29 is 4.74 Å². The zero-order chi connectivity index (χ0) is 13.7. The summed E-state index contributed by atoms with van der Waals surface area (Å²) in [6, 6.07) is 4.22. The van der Waals surface area contributed by atoms with Crippen LogP contribution in [0.1, 0.15) is 35.6 Å². The highest BCUT2D eigenvalue weighted by atomic mass is 79.9. The molecule has 0 unspecified atom stereocenters. The van der Waals surface area contributed by atoms with Gasteiger partial charge in [-0.1, -0.05) is 21.1 Å². The van der Waals surface area contributed by atoms with E-state index in [1.54, 1.807) is 0 Å². The van der Waals surface area contributed by atoms with Crippen LogP contribution in [0.3, 0.4) is 0 Å². The van der Waals surface area contributed by atoms with Crippen LogP contribution in [0.5, 0.6) is 5.75 Å². The van der Waals surface area contributed by atoms with Gasteiger partial charge in [0.05, 0.1) is 18.8 Å². The fourth-order valence-electron chi connectivity index (χ4n) is 2.85. The maximum Gasteiger partial charge on any atom is 0.169 e. The topological polar surface area (TPSA) is 66.0 Å². The maximum absolute atomic E-state index is 5.94. The minimum absolute atomic E-state index is 0.533. The van der Waals surface area contributed by atoms with Gasteiger partial charge in [0.1, 0.15) is 5.75 Å². The van der Waals surface area contributed by atoms with E-state index in [0.29, 0.717) is 18.3 Å². The number of hydrogen-bond donors (Lipinski definition) is 1. The van der Waals surface area contributed by atoms with Crippen molar-refractivity contribution in [1.29, 1.82) is 0 Å². The Morgan fingerprint density at radius 2 is 2.25 bits per heavy atom. The lowest BCUT2D eigenvalue weighted by Crippen LogP contribution is -2.08. The fourth-order valence-corrected chi connectivity index (χ4v) is 3.40. The first-order valence-corrected chi connectivity index (χ1v) is 7.64. The van der Waals surface area contributed by atoms with Crippen molar-refractivity contribution in [3.63, 3.8) is 0 Å². The lowest BCUT2D eigenvalue weighted by Gasteiger charge is -2.11. The van der Waals surface area contributed by atoms with E-state index >= 15 is 0 Å². The summed E-state index contributed by atoms with van der Waals surface area (Å²) in [5, 5.41) is 8.23. The number of benzene rings is 1. The van der Waals surface area contributed by atoms with E-state index in [1.807, 2.05) is 4.68 Å². The fraction of sp³-hybridized carbons (Fsp3) is 0.429. The third-order valence-electron chi connectivity index (χ3n) is 3.91. The molecule has 1 fully saturated rings. The molecule has 1 aromatic heterocycles. The van der Waals surface area contributed by atoms with Gasteiger partial charge in [0.25, 0.3) is 0 Å². The summed E-state index contributed by atoms with van der Waals surface area (Å²) in [7, 11) is 0. The standard InChI is InChI=1S/C14H15BrN4O/c15-11-5-9-3-4-20-13(9)10(6-11)7-19-12(8-1-2-8)14(16)17-18-19/h5-6,8H,1-4,7,16H2. The molecule has 0 amide bonds. The summed E-state index contributed by atoms with van der Waals surface area (Å²) < 4.78 is 8.77. The van der Waals surface area contributed by atoms with Crippen molar-refractivity contribution in [3.05, 3.63) is 33.4 Å². The molecule has 2 heterocycles. The van der Waals surface area contributed by atoms with E-state index in [0.717, 1.165) is 34.5 Å². The number of rotatable bonds is 3. The second-order valence-corrected chi connectivity index (χ2v) is 6.36. The quantitative estimate of drug-likeness (QED) is 0.936. The lowest BCUT2D eigenvalue weighted by atomic mass is 10.1. The molecule has 20 heavy (non-hydrogen) atoms. The molecule has 0 radical (unpaired) electrons. The van der Waals surface area contributed by atoms with Gasteiger partial charge >= 0.3 is 0 Å². The number of ether oxygens (including phenoxy) is 1.